The van der Waals surface area contributed by atoms with Crippen molar-refractivity contribution in [3.05, 3.63) is 28.2 Å². The molecular weight excluding hydrogens is 393 g/mol. The van der Waals surface area contributed by atoms with Gasteiger partial charge in [0.2, 0.25) is 5.91 Å². The van der Waals surface area contributed by atoms with Gasteiger partial charge in [-0.15, -0.1) is 0 Å². The summed E-state index contributed by atoms with van der Waals surface area (Å²) in [6.45, 7) is 0.591. The number of benzene rings is 1. The summed E-state index contributed by atoms with van der Waals surface area (Å²) in [7, 11) is 0. The van der Waals surface area contributed by atoms with Crippen LogP contribution in [0, 0.1) is 0 Å². The van der Waals surface area contributed by atoms with Crippen LogP contribution in [0.5, 0.6) is 0 Å². The van der Waals surface area contributed by atoms with Crippen molar-refractivity contribution >= 4 is 52.7 Å². The smallest absolute Gasteiger partial charge is 0.414 e. The van der Waals surface area contributed by atoms with Crippen molar-refractivity contribution in [3.8, 4) is 0 Å². The molecule has 0 fully saturated rings. The lowest BCUT2D eigenvalue weighted by atomic mass is 10.2. The highest BCUT2D eigenvalue weighted by atomic mass is 35.5. The molecule has 0 radical (unpaired) electrons. The zero-order chi connectivity index (χ0) is 20.3. The molecule has 12 heteroatoms. The Kier molecular flexibility index (Phi) is 10.9. The second-order valence-corrected chi connectivity index (χ2v) is 5.38. The Morgan fingerprint density at radius 2 is 1.65 bits per heavy atom. The molecule has 1 unspecified atom stereocenters. The minimum atomic E-state index is -1.82. The van der Waals surface area contributed by atoms with Crippen LogP contribution in [0.3, 0.4) is 0 Å². The maximum absolute atomic E-state index is 11.8. The summed E-state index contributed by atoms with van der Waals surface area (Å²) in [5.41, 5.74) is 5.62. The Hall–Kier alpha value is -2.40. The summed E-state index contributed by atoms with van der Waals surface area (Å²) in [6.07, 6.45) is -0.238. The quantitative estimate of drug-likeness (QED) is 0.349. The lowest BCUT2D eigenvalue weighted by molar-refractivity contribution is -0.159. The number of carboxylic acids is 3. The number of nitrogens with one attached hydrogen (secondary N) is 2. The molecule has 1 atom stereocenters. The molecule has 1 rings (SSSR count). The number of carbonyl (C=O) groups excluding carboxylic acids is 1. The van der Waals surface area contributed by atoms with E-state index in [1.54, 1.807) is 18.2 Å². The van der Waals surface area contributed by atoms with Crippen molar-refractivity contribution in [1.29, 1.82) is 0 Å². The van der Waals surface area contributed by atoms with Crippen LogP contribution in [0.2, 0.25) is 10.0 Å². The monoisotopic (exact) mass is 409 g/mol. The molecule has 0 spiro atoms. The van der Waals surface area contributed by atoms with Crippen LogP contribution < -0.4 is 16.4 Å². The third-order valence-corrected chi connectivity index (χ3v) is 3.45. The number of anilines is 1. The predicted molar refractivity (Wildman–Crippen MR) is 93.5 cm³/mol. The number of hydrogen-bond acceptors (Lipinski definition) is 6. The van der Waals surface area contributed by atoms with Crippen LogP contribution in [-0.4, -0.2) is 58.3 Å². The molecule has 0 aliphatic heterocycles. The summed E-state index contributed by atoms with van der Waals surface area (Å²) < 4.78 is 0. The summed E-state index contributed by atoms with van der Waals surface area (Å²) >= 11 is 11.7. The summed E-state index contributed by atoms with van der Waals surface area (Å²) in [6, 6.07) is 3.79. The van der Waals surface area contributed by atoms with Gasteiger partial charge in [0.25, 0.3) is 0 Å². The highest BCUT2D eigenvalue weighted by molar-refractivity contribution is 6.44. The van der Waals surface area contributed by atoms with Gasteiger partial charge < -0.3 is 31.7 Å². The minimum Gasteiger partial charge on any atom is -0.480 e. The van der Waals surface area contributed by atoms with Crippen molar-refractivity contribution < 1.29 is 34.5 Å². The lowest BCUT2D eigenvalue weighted by Gasteiger charge is -2.14. The molecule has 144 valence electrons. The van der Waals surface area contributed by atoms with Gasteiger partial charge in [-0.2, -0.15) is 0 Å². The van der Waals surface area contributed by atoms with Gasteiger partial charge in [-0.1, -0.05) is 29.3 Å². The van der Waals surface area contributed by atoms with E-state index >= 15 is 0 Å². The number of rotatable bonds is 7. The second-order valence-electron chi connectivity index (χ2n) is 4.60. The highest BCUT2D eigenvalue weighted by Crippen LogP contribution is 2.29. The van der Waals surface area contributed by atoms with Gasteiger partial charge in [0.1, 0.15) is 6.04 Å². The van der Waals surface area contributed by atoms with Crippen LogP contribution in [-0.2, 0) is 19.2 Å². The predicted octanol–water partition coefficient (Wildman–Crippen LogP) is 0.479. The number of carbonyl (C=O) groups is 4. The van der Waals surface area contributed by atoms with E-state index in [1.165, 1.54) is 0 Å². The molecule has 0 bridgehead atoms. The Morgan fingerprint density at radius 3 is 2.12 bits per heavy atom. The van der Waals surface area contributed by atoms with Crippen LogP contribution >= 0.6 is 23.2 Å². The number of hydrogen-bond donors (Lipinski definition) is 6. The first-order chi connectivity index (χ1) is 12.1. The first-order valence-electron chi connectivity index (χ1n) is 6.96. The Bertz CT molecular complexity index is 658. The molecule has 10 nitrogen and oxygen atoms in total. The number of carboxylic acid groups (broad SMARTS) is 3. The molecule has 1 aromatic carbocycles. The first kappa shape index (κ1) is 23.6. The van der Waals surface area contributed by atoms with E-state index in [2.05, 4.69) is 10.6 Å². The first-order valence-corrected chi connectivity index (χ1v) is 7.72. The third-order valence-electron chi connectivity index (χ3n) is 2.63. The standard InChI is InChI=1S/C12H15Cl2N3O3.C2H2O4/c13-7-2-1-3-8(11(7)14)17-10(18)6-9(12(19)20)16-5-4-15;3-1(4)2(5)6/h1-3,9,16H,4-6,15H2,(H,17,18)(H,19,20);(H,3,4)(H,5,6). The number of nitrogens with two attached hydrogens (primary N) is 1. The van der Waals surface area contributed by atoms with Crippen LogP contribution in [0.4, 0.5) is 5.69 Å². The molecule has 0 saturated carbocycles. The largest absolute Gasteiger partial charge is 0.480 e. The molecule has 0 aliphatic rings. The van der Waals surface area contributed by atoms with Gasteiger partial charge in [0, 0.05) is 13.1 Å². The average Bonchev–Trinajstić information content (AvgIpc) is 2.56. The topological polar surface area (TPSA) is 179 Å². The fraction of sp³-hybridized carbons (Fsp3) is 0.286. The normalized spacial score (nSPS) is 10.9. The molecule has 1 amide bonds. The van der Waals surface area contributed by atoms with Gasteiger partial charge in [-0.25, -0.2) is 9.59 Å². The van der Waals surface area contributed by atoms with E-state index in [4.69, 9.17) is 53.8 Å². The van der Waals surface area contributed by atoms with Crippen molar-refractivity contribution in [1.82, 2.24) is 5.32 Å². The maximum Gasteiger partial charge on any atom is 0.414 e. The zero-order valence-electron chi connectivity index (χ0n) is 13.2. The Balaban J connectivity index is 0.000000896. The van der Waals surface area contributed by atoms with Gasteiger partial charge in [0.15, 0.2) is 0 Å². The summed E-state index contributed by atoms with van der Waals surface area (Å²) in [5.74, 6) is -5.25. The molecule has 0 aliphatic carbocycles. The van der Waals surface area contributed by atoms with Crippen LogP contribution in [0.15, 0.2) is 18.2 Å². The molecule has 0 heterocycles. The zero-order valence-corrected chi connectivity index (χ0v) is 14.8. The average molecular weight is 410 g/mol. The van der Waals surface area contributed by atoms with E-state index in [9.17, 15) is 9.59 Å². The molecule has 1 aromatic rings. The SMILES string of the molecule is NCCNC(CC(=O)Nc1cccc(Cl)c1Cl)C(=O)O.O=C(O)C(=O)O. The summed E-state index contributed by atoms with van der Waals surface area (Å²) in [4.78, 5) is 41.0. The van der Waals surface area contributed by atoms with E-state index < -0.39 is 29.9 Å². The molecule has 0 saturated heterocycles. The molecule has 7 N–H and O–H groups in total. The van der Waals surface area contributed by atoms with Crippen molar-refractivity contribution in [2.45, 2.75) is 12.5 Å². The lowest BCUT2D eigenvalue weighted by Crippen LogP contribution is -2.41. The fourth-order valence-electron chi connectivity index (χ4n) is 1.49. The number of halogens is 2. The maximum atomic E-state index is 11.8. The van der Waals surface area contributed by atoms with Gasteiger partial charge in [0.05, 0.1) is 22.2 Å². The van der Waals surface area contributed by atoms with E-state index in [-0.39, 0.29) is 18.0 Å². The van der Waals surface area contributed by atoms with Gasteiger partial charge in [-0.05, 0) is 12.1 Å². The van der Waals surface area contributed by atoms with E-state index in [1.807, 2.05) is 0 Å². The molecular formula is C14H17Cl2N3O7. The minimum absolute atomic E-state index is 0.212. The van der Waals surface area contributed by atoms with Crippen LogP contribution in [0.1, 0.15) is 6.42 Å². The van der Waals surface area contributed by atoms with Gasteiger partial charge in [-0.3, -0.25) is 9.59 Å². The molecule has 0 aromatic heterocycles. The molecule has 26 heavy (non-hydrogen) atoms. The van der Waals surface area contributed by atoms with Crippen molar-refractivity contribution in [2.24, 2.45) is 5.73 Å². The Morgan fingerprint density at radius 1 is 1.08 bits per heavy atom. The number of aliphatic carboxylic acids is 3. The second kappa shape index (κ2) is 12.0. The van der Waals surface area contributed by atoms with Crippen molar-refractivity contribution in [3.63, 3.8) is 0 Å². The van der Waals surface area contributed by atoms with E-state index in [0.717, 1.165) is 0 Å². The van der Waals surface area contributed by atoms with Crippen LogP contribution in [0.25, 0.3) is 0 Å². The van der Waals surface area contributed by atoms with Crippen molar-refractivity contribution in [2.75, 3.05) is 18.4 Å². The summed E-state index contributed by atoms with van der Waals surface area (Å²) in [5, 5.41) is 29.5. The van der Waals surface area contributed by atoms with Gasteiger partial charge >= 0.3 is 17.9 Å². The number of amides is 1. The Labute approximate surface area is 157 Å². The van der Waals surface area contributed by atoms with E-state index in [0.29, 0.717) is 17.3 Å². The fourth-order valence-corrected chi connectivity index (χ4v) is 1.84. The highest BCUT2D eigenvalue weighted by Gasteiger charge is 2.20. The third kappa shape index (κ3) is 9.18.